The van der Waals surface area contributed by atoms with Crippen molar-refractivity contribution in [2.45, 2.75) is 45.4 Å². The zero-order valence-corrected chi connectivity index (χ0v) is 9.69. The molecule has 0 radical (unpaired) electrons. The zero-order chi connectivity index (χ0) is 11.2. The van der Waals surface area contributed by atoms with Crippen LogP contribution in [-0.4, -0.2) is 6.29 Å². The minimum absolute atomic E-state index is 0.649. The second kappa shape index (κ2) is 12.9. The van der Waals surface area contributed by atoms with E-state index in [1.165, 1.54) is 0 Å². The summed E-state index contributed by atoms with van der Waals surface area (Å²) >= 11 is 0. The summed E-state index contributed by atoms with van der Waals surface area (Å²) in [6, 6.07) is 0. The fraction of sp³-hybridized carbons (Fsp3) is 0.500. The Labute approximate surface area is 93.6 Å². The summed E-state index contributed by atoms with van der Waals surface area (Å²) in [7, 11) is 0. The van der Waals surface area contributed by atoms with Crippen molar-refractivity contribution in [1.82, 2.24) is 0 Å². The molecule has 0 aliphatic rings. The number of hydrogen-bond acceptors (Lipinski definition) is 1. The molecule has 1 nitrogen and oxygen atoms in total. The minimum atomic E-state index is 0.649. The largest absolute Gasteiger partial charge is 0.303 e. The second-order valence-corrected chi connectivity index (χ2v) is 3.41. The predicted octanol–water partition coefficient (Wildman–Crippen LogP) is 4.21. The Morgan fingerprint density at radius 1 is 0.667 bits per heavy atom. The van der Waals surface area contributed by atoms with Gasteiger partial charge in [0.15, 0.2) is 0 Å². The number of allylic oxidation sites excluding steroid dienone is 6. The topological polar surface area (TPSA) is 17.1 Å². The smallest absolute Gasteiger partial charge is 0.120 e. The van der Waals surface area contributed by atoms with Crippen molar-refractivity contribution >= 4 is 6.29 Å². The third-order valence-electron chi connectivity index (χ3n) is 2.02. The number of rotatable bonds is 9. The molecule has 0 amide bonds. The SMILES string of the molecule is CC=CCCC=CCCC=CCCC=O. The first-order valence-electron chi connectivity index (χ1n) is 5.76. The molecule has 0 aromatic rings. The van der Waals surface area contributed by atoms with E-state index in [0.717, 1.165) is 38.4 Å². The van der Waals surface area contributed by atoms with Crippen molar-refractivity contribution in [3.63, 3.8) is 0 Å². The number of unbranched alkanes of at least 4 members (excludes halogenated alkanes) is 3. The highest BCUT2D eigenvalue weighted by atomic mass is 16.1. The Morgan fingerprint density at radius 3 is 1.47 bits per heavy atom. The van der Waals surface area contributed by atoms with Gasteiger partial charge >= 0.3 is 0 Å². The molecule has 15 heavy (non-hydrogen) atoms. The van der Waals surface area contributed by atoms with Crippen molar-refractivity contribution in [3.05, 3.63) is 36.5 Å². The maximum atomic E-state index is 10.0. The van der Waals surface area contributed by atoms with Crippen LogP contribution >= 0.6 is 0 Å². The van der Waals surface area contributed by atoms with Crippen LogP contribution in [0.3, 0.4) is 0 Å². The highest BCUT2D eigenvalue weighted by molar-refractivity contribution is 5.49. The molecule has 0 bridgehead atoms. The first-order valence-corrected chi connectivity index (χ1v) is 5.76. The normalized spacial score (nSPS) is 12.1. The lowest BCUT2D eigenvalue weighted by molar-refractivity contribution is -0.107. The Morgan fingerprint density at radius 2 is 1.07 bits per heavy atom. The Hall–Kier alpha value is -1.11. The molecule has 0 atom stereocenters. The van der Waals surface area contributed by atoms with Crippen LogP contribution in [0, 0.1) is 0 Å². The average molecular weight is 206 g/mol. The quantitative estimate of drug-likeness (QED) is 0.314. The fourth-order valence-corrected chi connectivity index (χ4v) is 1.19. The number of carbonyl (C=O) groups is 1. The van der Waals surface area contributed by atoms with Gasteiger partial charge < -0.3 is 4.79 Å². The van der Waals surface area contributed by atoms with Gasteiger partial charge in [-0.2, -0.15) is 0 Å². The Kier molecular flexibility index (Phi) is 11.9. The third kappa shape index (κ3) is 12.9. The lowest BCUT2D eigenvalue weighted by atomic mass is 10.2. The van der Waals surface area contributed by atoms with Crippen molar-refractivity contribution < 1.29 is 4.79 Å². The molecule has 0 aliphatic carbocycles. The molecule has 0 aliphatic heterocycles. The second-order valence-electron chi connectivity index (χ2n) is 3.41. The summed E-state index contributed by atoms with van der Waals surface area (Å²) < 4.78 is 0. The van der Waals surface area contributed by atoms with Crippen LogP contribution in [-0.2, 0) is 4.79 Å². The maximum absolute atomic E-state index is 10.0. The molecule has 0 fully saturated rings. The molecule has 0 saturated heterocycles. The van der Waals surface area contributed by atoms with Gasteiger partial charge in [-0.1, -0.05) is 36.5 Å². The predicted molar refractivity (Wildman–Crippen MR) is 66.9 cm³/mol. The van der Waals surface area contributed by atoms with Crippen molar-refractivity contribution in [3.8, 4) is 0 Å². The van der Waals surface area contributed by atoms with Crippen LogP contribution in [0.5, 0.6) is 0 Å². The first kappa shape index (κ1) is 13.9. The van der Waals surface area contributed by atoms with Crippen molar-refractivity contribution in [2.75, 3.05) is 0 Å². The summed E-state index contributed by atoms with van der Waals surface area (Å²) in [5, 5.41) is 0. The number of carbonyl (C=O) groups excluding carboxylic acids is 1. The van der Waals surface area contributed by atoms with E-state index in [2.05, 4.69) is 36.5 Å². The van der Waals surface area contributed by atoms with Gasteiger partial charge in [-0.15, -0.1) is 0 Å². The summed E-state index contributed by atoms with van der Waals surface area (Å²) in [5.41, 5.74) is 0. The maximum Gasteiger partial charge on any atom is 0.120 e. The molecule has 84 valence electrons. The van der Waals surface area contributed by atoms with Crippen LogP contribution in [0.1, 0.15) is 45.4 Å². The standard InChI is InChI=1S/C14H22O/c1-2-3-4-5-6-7-8-9-10-11-12-13-14-15/h2-3,6-7,10-11,14H,4-5,8-9,12-13H2,1H3. The molecule has 0 rings (SSSR count). The summed E-state index contributed by atoms with van der Waals surface area (Å²) in [6.45, 7) is 2.05. The zero-order valence-electron chi connectivity index (χ0n) is 9.69. The van der Waals surface area contributed by atoms with Gasteiger partial charge in [0.2, 0.25) is 0 Å². The van der Waals surface area contributed by atoms with E-state index in [-0.39, 0.29) is 0 Å². The summed E-state index contributed by atoms with van der Waals surface area (Å²) in [5.74, 6) is 0. The van der Waals surface area contributed by atoms with E-state index in [9.17, 15) is 4.79 Å². The van der Waals surface area contributed by atoms with Crippen LogP contribution in [0.15, 0.2) is 36.5 Å². The molecule has 0 spiro atoms. The molecular weight excluding hydrogens is 184 g/mol. The molecule has 0 N–H and O–H groups in total. The van der Waals surface area contributed by atoms with E-state index in [1.54, 1.807) is 0 Å². The summed E-state index contributed by atoms with van der Waals surface area (Å²) in [6.07, 6.45) is 19.9. The van der Waals surface area contributed by atoms with E-state index in [0.29, 0.717) is 6.42 Å². The van der Waals surface area contributed by atoms with Gasteiger partial charge in [-0.05, 0) is 39.0 Å². The van der Waals surface area contributed by atoms with E-state index < -0.39 is 0 Å². The van der Waals surface area contributed by atoms with Crippen LogP contribution < -0.4 is 0 Å². The molecule has 0 unspecified atom stereocenters. The van der Waals surface area contributed by atoms with Gasteiger partial charge in [-0.25, -0.2) is 0 Å². The number of hydrogen-bond donors (Lipinski definition) is 0. The lowest BCUT2D eigenvalue weighted by Crippen LogP contribution is -1.71. The Bertz CT molecular complexity index is 211. The first-order chi connectivity index (χ1) is 7.41. The van der Waals surface area contributed by atoms with E-state index in [1.807, 2.05) is 6.92 Å². The van der Waals surface area contributed by atoms with Gasteiger partial charge in [-0.3, -0.25) is 0 Å². The molecule has 0 aromatic carbocycles. The summed E-state index contributed by atoms with van der Waals surface area (Å²) in [4.78, 5) is 10.0. The average Bonchev–Trinajstić information content (AvgIpc) is 2.26. The molecule has 0 aromatic heterocycles. The van der Waals surface area contributed by atoms with Gasteiger partial charge in [0.1, 0.15) is 6.29 Å². The number of aldehydes is 1. The molecule has 0 heterocycles. The monoisotopic (exact) mass is 206 g/mol. The molecule has 0 saturated carbocycles. The van der Waals surface area contributed by atoms with Crippen molar-refractivity contribution in [1.29, 1.82) is 0 Å². The molecule has 1 heteroatoms. The minimum Gasteiger partial charge on any atom is -0.303 e. The van der Waals surface area contributed by atoms with Crippen LogP contribution in [0.4, 0.5) is 0 Å². The third-order valence-corrected chi connectivity index (χ3v) is 2.02. The van der Waals surface area contributed by atoms with Crippen LogP contribution in [0.25, 0.3) is 0 Å². The van der Waals surface area contributed by atoms with Gasteiger partial charge in [0, 0.05) is 6.42 Å². The fourth-order valence-electron chi connectivity index (χ4n) is 1.19. The van der Waals surface area contributed by atoms with Crippen LogP contribution in [0.2, 0.25) is 0 Å². The Balaban J connectivity index is 3.22. The molecular formula is C14H22O. The van der Waals surface area contributed by atoms with Gasteiger partial charge in [0.25, 0.3) is 0 Å². The van der Waals surface area contributed by atoms with E-state index in [4.69, 9.17) is 0 Å². The highest BCUT2D eigenvalue weighted by Crippen LogP contribution is 1.98. The van der Waals surface area contributed by atoms with Gasteiger partial charge in [0.05, 0.1) is 0 Å². The highest BCUT2D eigenvalue weighted by Gasteiger charge is 1.79. The van der Waals surface area contributed by atoms with E-state index >= 15 is 0 Å². The van der Waals surface area contributed by atoms with Crippen molar-refractivity contribution in [2.24, 2.45) is 0 Å². The lowest BCUT2D eigenvalue weighted by Gasteiger charge is -1.88.